The van der Waals surface area contributed by atoms with Gasteiger partial charge in [-0.25, -0.2) is 0 Å². The third kappa shape index (κ3) is 6.20. The summed E-state index contributed by atoms with van der Waals surface area (Å²) in [5, 5.41) is 2.68. The third-order valence-corrected chi connectivity index (χ3v) is 5.57. The Morgan fingerprint density at radius 1 is 0.966 bits per heavy atom. The van der Waals surface area contributed by atoms with Gasteiger partial charge in [0.05, 0.1) is 22.9 Å². The summed E-state index contributed by atoms with van der Waals surface area (Å²) in [7, 11) is 2.96. The summed E-state index contributed by atoms with van der Waals surface area (Å²) in [5.74, 6) is -0.764. The molecule has 1 atom stereocenters. The lowest BCUT2D eigenvalue weighted by Gasteiger charge is -2.22. The monoisotopic (exact) mass is 483 g/mol. The zero-order valence-corrected chi connectivity index (χ0v) is 18.8. The van der Waals surface area contributed by atoms with E-state index in [9.17, 15) is 14.4 Å². The maximum atomic E-state index is 12.7. The molecule has 0 aliphatic carbocycles. The van der Waals surface area contributed by atoms with E-state index in [0.29, 0.717) is 16.4 Å². The molecule has 1 aromatic heterocycles. The van der Waals surface area contributed by atoms with Gasteiger partial charge in [0.25, 0.3) is 17.7 Å². The molecule has 3 amide bonds. The summed E-state index contributed by atoms with van der Waals surface area (Å²) in [6.45, 7) is 3.57. The quantitative estimate of drug-likeness (QED) is 0.525. The largest absolute Gasteiger partial charge is 0.497 e. The van der Waals surface area contributed by atoms with Crippen LogP contribution in [0.5, 0.6) is 11.5 Å². The molecule has 0 aliphatic heterocycles. The highest BCUT2D eigenvalue weighted by Crippen LogP contribution is 2.23. The average Bonchev–Trinajstić information content (AvgIpc) is 3.15. The number of rotatable bonds is 7. The summed E-state index contributed by atoms with van der Waals surface area (Å²) in [4.78, 5) is 37.7. The van der Waals surface area contributed by atoms with Crippen molar-refractivity contribution in [3.05, 3.63) is 44.6 Å². The van der Waals surface area contributed by atoms with Crippen LogP contribution in [0.3, 0.4) is 0 Å². The van der Waals surface area contributed by atoms with E-state index in [2.05, 4.69) is 32.1 Å². The summed E-state index contributed by atoms with van der Waals surface area (Å²) in [6.07, 6.45) is 0. The number of carbonyl (C=O) groups excluding carboxylic acids is 3. The first-order valence-corrected chi connectivity index (χ1v) is 10.3. The van der Waals surface area contributed by atoms with Gasteiger partial charge in [-0.05, 0) is 46.1 Å². The molecule has 0 spiro atoms. The topological polar surface area (TPSA) is 106 Å². The predicted octanol–water partition coefficient (Wildman–Crippen LogP) is 2.74. The van der Waals surface area contributed by atoms with Crippen LogP contribution in [-0.2, 0) is 4.79 Å². The van der Waals surface area contributed by atoms with E-state index in [1.807, 2.05) is 0 Å². The normalized spacial score (nSPS) is 11.5. The Morgan fingerprint density at radius 2 is 1.59 bits per heavy atom. The van der Waals surface area contributed by atoms with Gasteiger partial charge in [-0.15, -0.1) is 11.3 Å². The van der Waals surface area contributed by atoms with Crippen molar-refractivity contribution in [1.29, 1.82) is 0 Å². The number of benzene rings is 1. The van der Waals surface area contributed by atoms with Gasteiger partial charge >= 0.3 is 0 Å². The number of carbonyl (C=O) groups is 3. The van der Waals surface area contributed by atoms with E-state index in [4.69, 9.17) is 9.47 Å². The van der Waals surface area contributed by atoms with Crippen molar-refractivity contribution in [3.8, 4) is 11.5 Å². The lowest BCUT2D eigenvalue weighted by molar-refractivity contribution is -0.124. The molecule has 10 heteroatoms. The van der Waals surface area contributed by atoms with Crippen LogP contribution in [0.4, 0.5) is 0 Å². The molecule has 156 valence electrons. The third-order valence-electron chi connectivity index (χ3n) is 3.95. The molecule has 0 aliphatic rings. The molecule has 0 fully saturated rings. The van der Waals surface area contributed by atoms with Gasteiger partial charge in [-0.2, -0.15) is 0 Å². The molecule has 0 radical (unpaired) electrons. The molecule has 8 nitrogen and oxygen atoms in total. The Balaban J connectivity index is 2.06. The fraction of sp³-hybridized carbons (Fsp3) is 0.316. The first-order valence-electron chi connectivity index (χ1n) is 8.64. The maximum absolute atomic E-state index is 12.7. The molecule has 29 heavy (non-hydrogen) atoms. The summed E-state index contributed by atoms with van der Waals surface area (Å²) < 4.78 is 11.1. The number of halogens is 1. The maximum Gasteiger partial charge on any atom is 0.279 e. The smallest absolute Gasteiger partial charge is 0.279 e. The molecule has 0 bridgehead atoms. The number of hydrogen-bond donors (Lipinski definition) is 3. The highest BCUT2D eigenvalue weighted by Gasteiger charge is 2.26. The van der Waals surface area contributed by atoms with E-state index >= 15 is 0 Å². The molecular formula is C19H22BrN3O5S. The van der Waals surface area contributed by atoms with E-state index in [0.717, 1.165) is 3.79 Å². The van der Waals surface area contributed by atoms with Crippen LogP contribution in [-0.4, -0.2) is 38.0 Å². The predicted molar refractivity (Wildman–Crippen MR) is 113 cm³/mol. The van der Waals surface area contributed by atoms with Crippen molar-refractivity contribution in [2.75, 3.05) is 14.2 Å². The molecule has 0 unspecified atom stereocenters. The Labute approximate surface area is 181 Å². The number of ether oxygens (including phenoxy) is 2. The lowest BCUT2D eigenvalue weighted by atomic mass is 10.0. The van der Waals surface area contributed by atoms with E-state index in [-0.39, 0.29) is 11.5 Å². The van der Waals surface area contributed by atoms with Gasteiger partial charge in [-0.1, -0.05) is 13.8 Å². The van der Waals surface area contributed by atoms with Gasteiger partial charge in [-0.3, -0.25) is 25.2 Å². The highest BCUT2D eigenvalue weighted by atomic mass is 79.9. The van der Waals surface area contributed by atoms with E-state index in [1.54, 1.807) is 44.2 Å². The Kier molecular flexibility index (Phi) is 8.03. The second-order valence-corrected chi connectivity index (χ2v) is 8.81. The van der Waals surface area contributed by atoms with Crippen molar-refractivity contribution >= 4 is 45.0 Å². The van der Waals surface area contributed by atoms with Crippen molar-refractivity contribution in [1.82, 2.24) is 16.2 Å². The van der Waals surface area contributed by atoms with Crippen molar-refractivity contribution in [2.24, 2.45) is 5.92 Å². The summed E-state index contributed by atoms with van der Waals surface area (Å²) in [5.41, 5.74) is 5.00. The Bertz CT molecular complexity index is 877. The van der Waals surface area contributed by atoms with Crippen LogP contribution in [0, 0.1) is 5.92 Å². The van der Waals surface area contributed by atoms with Gasteiger partial charge in [0.15, 0.2) is 0 Å². The molecule has 1 aromatic carbocycles. The van der Waals surface area contributed by atoms with Gasteiger partial charge < -0.3 is 14.8 Å². The summed E-state index contributed by atoms with van der Waals surface area (Å²) in [6, 6.07) is 7.24. The Morgan fingerprint density at radius 3 is 2.07 bits per heavy atom. The minimum Gasteiger partial charge on any atom is -0.497 e. The van der Waals surface area contributed by atoms with E-state index in [1.165, 1.54) is 25.6 Å². The molecule has 0 saturated heterocycles. The first-order chi connectivity index (χ1) is 13.7. The molecule has 2 aromatic rings. The fourth-order valence-electron chi connectivity index (χ4n) is 2.39. The van der Waals surface area contributed by atoms with Gasteiger partial charge in [0.1, 0.15) is 17.5 Å². The van der Waals surface area contributed by atoms with Crippen molar-refractivity contribution in [2.45, 2.75) is 19.9 Å². The van der Waals surface area contributed by atoms with Gasteiger partial charge in [0.2, 0.25) is 0 Å². The number of hydrogen-bond acceptors (Lipinski definition) is 6. The average molecular weight is 484 g/mol. The minimum atomic E-state index is -0.866. The SMILES string of the molecule is COc1cc(OC)cc(C(=O)N[C@H](C(=O)NNC(=O)c2ccc(Br)s2)C(C)C)c1. The van der Waals surface area contributed by atoms with Crippen LogP contribution in [0.15, 0.2) is 34.1 Å². The van der Waals surface area contributed by atoms with Crippen LogP contribution in [0.25, 0.3) is 0 Å². The molecule has 2 rings (SSSR count). The first kappa shape index (κ1) is 22.7. The number of methoxy groups -OCH3 is 2. The lowest BCUT2D eigenvalue weighted by Crippen LogP contribution is -2.54. The zero-order chi connectivity index (χ0) is 21.6. The fourth-order valence-corrected chi connectivity index (χ4v) is 3.67. The summed E-state index contributed by atoms with van der Waals surface area (Å²) >= 11 is 4.52. The Hall–Kier alpha value is -2.59. The second kappa shape index (κ2) is 10.3. The molecule has 0 saturated carbocycles. The van der Waals surface area contributed by atoms with Crippen molar-refractivity contribution in [3.63, 3.8) is 0 Å². The van der Waals surface area contributed by atoms with Crippen molar-refractivity contribution < 1.29 is 23.9 Å². The van der Waals surface area contributed by atoms with Crippen LogP contribution in [0.1, 0.15) is 33.9 Å². The number of nitrogens with one attached hydrogen (secondary N) is 3. The highest BCUT2D eigenvalue weighted by molar-refractivity contribution is 9.11. The van der Waals surface area contributed by atoms with Crippen LogP contribution >= 0.6 is 27.3 Å². The number of hydrazine groups is 1. The zero-order valence-electron chi connectivity index (χ0n) is 16.4. The van der Waals surface area contributed by atoms with Crippen LogP contribution < -0.4 is 25.6 Å². The molecule has 3 N–H and O–H groups in total. The minimum absolute atomic E-state index is 0.223. The standard InChI is InChI=1S/C19H22BrN3O5S/c1-10(2)16(19(26)23-22-18(25)14-5-6-15(20)29-14)21-17(24)11-7-12(27-3)9-13(8-11)28-4/h5-10,16H,1-4H3,(H,21,24)(H,22,25)(H,23,26)/t16-/m0/s1. The second-order valence-electron chi connectivity index (χ2n) is 6.34. The van der Waals surface area contributed by atoms with E-state index < -0.39 is 23.8 Å². The molecular weight excluding hydrogens is 462 g/mol. The number of thiophene rings is 1. The van der Waals surface area contributed by atoms with Gasteiger partial charge in [0, 0.05) is 11.6 Å². The molecule has 1 heterocycles. The van der Waals surface area contributed by atoms with Crippen LogP contribution in [0.2, 0.25) is 0 Å². The number of amides is 3.